The van der Waals surface area contributed by atoms with Gasteiger partial charge in [0.25, 0.3) is 0 Å². The van der Waals surface area contributed by atoms with Crippen LogP contribution in [0.15, 0.2) is 54.6 Å². The highest BCUT2D eigenvalue weighted by Gasteiger charge is 2.20. The molecular weight excluding hydrogens is 296 g/mol. The highest BCUT2D eigenvalue weighted by molar-refractivity contribution is 5.79. The molecule has 0 unspecified atom stereocenters. The highest BCUT2D eigenvalue weighted by Crippen LogP contribution is 2.19. The number of amides is 1. The third kappa shape index (κ3) is 4.24. The molecule has 0 saturated carbocycles. The molecule has 0 aliphatic carbocycles. The monoisotopic (exact) mass is 322 g/mol. The van der Waals surface area contributed by atoms with Crippen molar-refractivity contribution < 1.29 is 4.79 Å². The number of nitrogens with zero attached hydrogens (tertiary/aromatic N) is 2. The quantitative estimate of drug-likeness (QED) is 0.842. The van der Waals surface area contributed by atoms with Gasteiger partial charge in [0, 0.05) is 26.2 Å². The SMILES string of the molecule is CCCN1CCN(C(=O)Cc2ccc(-c3ccccc3)cc2)CC1. The van der Waals surface area contributed by atoms with Gasteiger partial charge in [-0.25, -0.2) is 0 Å². The minimum Gasteiger partial charge on any atom is -0.340 e. The molecule has 126 valence electrons. The predicted molar refractivity (Wildman–Crippen MR) is 98.9 cm³/mol. The van der Waals surface area contributed by atoms with Gasteiger partial charge >= 0.3 is 0 Å². The molecule has 2 aromatic carbocycles. The summed E-state index contributed by atoms with van der Waals surface area (Å²) in [5.41, 5.74) is 3.50. The van der Waals surface area contributed by atoms with E-state index >= 15 is 0 Å². The first kappa shape index (κ1) is 16.7. The van der Waals surface area contributed by atoms with Gasteiger partial charge in [0.05, 0.1) is 6.42 Å². The Kier molecular flexibility index (Phi) is 5.65. The molecule has 0 aromatic heterocycles. The van der Waals surface area contributed by atoms with Gasteiger partial charge in [0.2, 0.25) is 5.91 Å². The second-order valence-electron chi connectivity index (χ2n) is 6.46. The van der Waals surface area contributed by atoms with Gasteiger partial charge in [-0.15, -0.1) is 0 Å². The molecule has 1 aliphatic rings. The molecule has 1 saturated heterocycles. The van der Waals surface area contributed by atoms with E-state index in [1.54, 1.807) is 0 Å². The fraction of sp³-hybridized carbons (Fsp3) is 0.381. The van der Waals surface area contributed by atoms with Crippen LogP contribution in [0.1, 0.15) is 18.9 Å². The molecule has 3 nitrogen and oxygen atoms in total. The van der Waals surface area contributed by atoms with E-state index in [-0.39, 0.29) is 5.91 Å². The highest BCUT2D eigenvalue weighted by atomic mass is 16.2. The Labute approximate surface area is 144 Å². The first-order valence-corrected chi connectivity index (χ1v) is 8.91. The molecule has 0 atom stereocenters. The number of hydrogen-bond donors (Lipinski definition) is 0. The zero-order valence-corrected chi connectivity index (χ0v) is 14.4. The minimum absolute atomic E-state index is 0.249. The van der Waals surface area contributed by atoms with Crippen LogP contribution in [0.4, 0.5) is 0 Å². The standard InChI is InChI=1S/C21H26N2O/c1-2-12-22-13-15-23(16-14-22)21(24)17-18-8-10-20(11-9-18)19-6-4-3-5-7-19/h3-11H,2,12-17H2,1H3. The number of carbonyl (C=O) groups is 1. The maximum absolute atomic E-state index is 12.5. The fourth-order valence-electron chi connectivity index (χ4n) is 3.27. The van der Waals surface area contributed by atoms with Crippen LogP contribution >= 0.6 is 0 Å². The van der Waals surface area contributed by atoms with E-state index < -0.39 is 0 Å². The third-order valence-electron chi connectivity index (χ3n) is 4.68. The van der Waals surface area contributed by atoms with Crippen LogP contribution in [-0.2, 0) is 11.2 Å². The molecule has 2 aromatic rings. The molecule has 1 fully saturated rings. The van der Waals surface area contributed by atoms with Gasteiger partial charge in [0.1, 0.15) is 0 Å². The van der Waals surface area contributed by atoms with Crippen LogP contribution in [0.5, 0.6) is 0 Å². The Morgan fingerprint density at radius 1 is 0.875 bits per heavy atom. The van der Waals surface area contributed by atoms with Crippen molar-refractivity contribution in [2.75, 3.05) is 32.7 Å². The predicted octanol–water partition coefficient (Wildman–Crippen LogP) is 3.45. The lowest BCUT2D eigenvalue weighted by Crippen LogP contribution is -2.49. The van der Waals surface area contributed by atoms with E-state index in [0.717, 1.165) is 38.3 Å². The molecule has 3 rings (SSSR count). The van der Waals surface area contributed by atoms with E-state index in [2.05, 4.69) is 48.2 Å². The van der Waals surface area contributed by atoms with E-state index in [9.17, 15) is 4.79 Å². The molecule has 1 heterocycles. The summed E-state index contributed by atoms with van der Waals surface area (Å²) in [6.07, 6.45) is 1.69. The lowest BCUT2D eigenvalue weighted by molar-refractivity contribution is -0.132. The lowest BCUT2D eigenvalue weighted by atomic mass is 10.0. The molecule has 3 heteroatoms. The largest absolute Gasteiger partial charge is 0.340 e. The molecule has 24 heavy (non-hydrogen) atoms. The van der Waals surface area contributed by atoms with E-state index in [1.165, 1.54) is 17.5 Å². The Morgan fingerprint density at radius 2 is 1.50 bits per heavy atom. The zero-order chi connectivity index (χ0) is 16.8. The van der Waals surface area contributed by atoms with E-state index in [1.807, 2.05) is 23.1 Å². The van der Waals surface area contributed by atoms with Crippen LogP contribution in [-0.4, -0.2) is 48.4 Å². The lowest BCUT2D eigenvalue weighted by Gasteiger charge is -2.34. The first-order chi connectivity index (χ1) is 11.8. The minimum atomic E-state index is 0.249. The zero-order valence-electron chi connectivity index (χ0n) is 14.4. The summed E-state index contributed by atoms with van der Waals surface area (Å²) < 4.78 is 0. The van der Waals surface area contributed by atoms with Crippen molar-refractivity contribution in [2.24, 2.45) is 0 Å². The van der Waals surface area contributed by atoms with Crippen LogP contribution in [0.2, 0.25) is 0 Å². The number of piperazine rings is 1. The average Bonchev–Trinajstić information content (AvgIpc) is 2.64. The first-order valence-electron chi connectivity index (χ1n) is 8.91. The van der Waals surface area contributed by atoms with Crippen molar-refractivity contribution in [2.45, 2.75) is 19.8 Å². The number of rotatable bonds is 5. The normalized spacial score (nSPS) is 15.5. The third-order valence-corrected chi connectivity index (χ3v) is 4.68. The van der Waals surface area contributed by atoms with Crippen molar-refractivity contribution >= 4 is 5.91 Å². The molecule has 0 N–H and O–H groups in total. The van der Waals surface area contributed by atoms with Crippen molar-refractivity contribution in [3.8, 4) is 11.1 Å². The maximum atomic E-state index is 12.5. The number of hydrogen-bond acceptors (Lipinski definition) is 2. The molecule has 1 aliphatic heterocycles. The van der Waals surface area contributed by atoms with Gasteiger partial charge < -0.3 is 4.90 Å². The smallest absolute Gasteiger partial charge is 0.227 e. The summed E-state index contributed by atoms with van der Waals surface area (Å²) in [6, 6.07) is 18.7. The summed E-state index contributed by atoms with van der Waals surface area (Å²) in [6.45, 7) is 7.08. The summed E-state index contributed by atoms with van der Waals surface area (Å²) in [7, 11) is 0. The molecule has 0 spiro atoms. The summed E-state index contributed by atoms with van der Waals surface area (Å²) in [5.74, 6) is 0.249. The summed E-state index contributed by atoms with van der Waals surface area (Å²) in [4.78, 5) is 16.9. The van der Waals surface area contributed by atoms with Crippen LogP contribution < -0.4 is 0 Å². The van der Waals surface area contributed by atoms with Crippen LogP contribution in [0.3, 0.4) is 0 Å². The van der Waals surface area contributed by atoms with Crippen molar-refractivity contribution in [1.29, 1.82) is 0 Å². The molecule has 0 radical (unpaired) electrons. The number of benzene rings is 2. The Bertz CT molecular complexity index is 643. The van der Waals surface area contributed by atoms with Crippen molar-refractivity contribution in [3.05, 3.63) is 60.2 Å². The van der Waals surface area contributed by atoms with Gasteiger partial charge in [-0.3, -0.25) is 9.69 Å². The van der Waals surface area contributed by atoms with Gasteiger partial charge in [-0.2, -0.15) is 0 Å². The second kappa shape index (κ2) is 8.11. The Hall–Kier alpha value is -2.13. The fourth-order valence-corrected chi connectivity index (χ4v) is 3.27. The van der Waals surface area contributed by atoms with Gasteiger partial charge in [-0.1, -0.05) is 61.5 Å². The van der Waals surface area contributed by atoms with Gasteiger partial charge in [-0.05, 0) is 29.7 Å². The average molecular weight is 322 g/mol. The van der Waals surface area contributed by atoms with Crippen molar-refractivity contribution in [1.82, 2.24) is 9.80 Å². The van der Waals surface area contributed by atoms with Crippen LogP contribution in [0, 0.1) is 0 Å². The molecular formula is C21H26N2O. The van der Waals surface area contributed by atoms with Gasteiger partial charge in [0.15, 0.2) is 0 Å². The van der Waals surface area contributed by atoms with Crippen LogP contribution in [0.25, 0.3) is 11.1 Å². The van der Waals surface area contributed by atoms with E-state index in [4.69, 9.17) is 0 Å². The summed E-state index contributed by atoms with van der Waals surface area (Å²) in [5, 5.41) is 0. The number of carbonyl (C=O) groups excluding carboxylic acids is 1. The topological polar surface area (TPSA) is 23.6 Å². The summed E-state index contributed by atoms with van der Waals surface area (Å²) >= 11 is 0. The maximum Gasteiger partial charge on any atom is 0.227 e. The van der Waals surface area contributed by atoms with E-state index in [0.29, 0.717) is 6.42 Å². The Balaban J connectivity index is 1.55. The van der Waals surface area contributed by atoms with Crippen molar-refractivity contribution in [3.63, 3.8) is 0 Å². The molecule has 0 bridgehead atoms. The second-order valence-corrected chi connectivity index (χ2v) is 6.46. The molecule has 1 amide bonds. The Morgan fingerprint density at radius 3 is 2.12 bits per heavy atom.